The van der Waals surface area contributed by atoms with Crippen LogP contribution >= 0.6 is 0 Å². The van der Waals surface area contributed by atoms with E-state index in [0.29, 0.717) is 11.3 Å². The summed E-state index contributed by atoms with van der Waals surface area (Å²) >= 11 is 0. The summed E-state index contributed by atoms with van der Waals surface area (Å²) in [6, 6.07) is 11.6. The van der Waals surface area contributed by atoms with Crippen LogP contribution in [0.4, 0.5) is 5.69 Å². The second-order valence-corrected chi connectivity index (χ2v) is 8.91. The van der Waals surface area contributed by atoms with Crippen molar-refractivity contribution in [2.24, 2.45) is 0 Å². The van der Waals surface area contributed by atoms with Gasteiger partial charge in [-0.3, -0.25) is 9.59 Å². The Hall–Kier alpha value is -2.51. The molecule has 1 aliphatic carbocycles. The van der Waals surface area contributed by atoms with Gasteiger partial charge in [-0.25, -0.2) is 13.1 Å². The lowest BCUT2D eigenvalue weighted by atomic mass is 10.0. The van der Waals surface area contributed by atoms with Crippen LogP contribution in [0.2, 0.25) is 0 Å². The van der Waals surface area contributed by atoms with Gasteiger partial charge in [0.05, 0.1) is 4.90 Å². The van der Waals surface area contributed by atoms with Crippen LogP contribution in [0.25, 0.3) is 0 Å². The second kappa shape index (κ2) is 8.24. The molecule has 6 nitrogen and oxygen atoms in total. The number of aryl methyl sites for hydroxylation is 2. The molecule has 0 atom stereocenters. The van der Waals surface area contributed by atoms with E-state index in [1.165, 1.54) is 12.1 Å². The minimum absolute atomic E-state index is 0.0136. The van der Waals surface area contributed by atoms with E-state index in [9.17, 15) is 18.0 Å². The van der Waals surface area contributed by atoms with Gasteiger partial charge in [-0.05, 0) is 62.1 Å². The Balaban J connectivity index is 1.58. The van der Waals surface area contributed by atoms with Crippen molar-refractivity contribution in [3.8, 4) is 0 Å². The molecule has 3 rings (SSSR count). The molecule has 0 aliphatic heterocycles. The third kappa shape index (κ3) is 5.27. The van der Waals surface area contributed by atoms with Crippen molar-refractivity contribution in [2.45, 2.75) is 50.5 Å². The first kappa shape index (κ1) is 20.2. The third-order valence-electron chi connectivity index (χ3n) is 4.74. The minimum Gasteiger partial charge on any atom is -0.326 e. The van der Waals surface area contributed by atoms with Gasteiger partial charge in [0, 0.05) is 30.1 Å². The molecule has 0 aromatic heterocycles. The Bertz CT molecular complexity index is 1010. The minimum atomic E-state index is -3.58. The fourth-order valence-corrected chi connectivity index (χ4v) is 4.09. The van der Waals surface area contributed by atoms with Crippen molar-refractivity contribution in [1.82, 2.24) is 4.72 Å². The number of carbonyl (C=O) groups is 2. The molecule has 2 aromatic rings. The topological polar surface area (TPSA) is 92.3 Å². The molecular formula is C21H24N2O4S. The second-order valence-electron chi connectivity index (χ2n) is 7.19. The molecule has 2 N–H and O–H groups in total. The average Bonchev–Trinajstić information content (AvgIpc) is 3.45. The summed E-state index contributed by atoms with van der Waals surface area (Å²) in [7, 11) is -3.58. The number of carbonyl (C=O) groups excluding carboxylic acids is 2. The quantitative estimate of drug-likeness (QED) is 0.665. The molecule has 0 radical (unpaired) electrons. The Morgan fingerprint density at radius 2 is 1.75 bits per heavy atom. The molecule has 148 valence electrons. The van der Waals surface area contributed by atoms with E-state index in [2.05, 4.69) is 10.0 Å². The SMILES string of the molecule is Cc1ccc(C(=O)CCC(=O)Nc2cccc(S(=O)(=O)NC3CC3)c2)cc1C. The average molecular weight is 401 g/mol. The van der Waals surface area contributed by atoms with Crippen molar-refractivity contribution in [2.75, 3.05) is 5.32 Å². The van der Waals surface area contributed by atoms with Gasteiger partial charge in [0.15, 0.2) is 5.78 Å². The van der Waals surface area contributed by atoms with Crippen molar-refractivity contribution >= 4 is 27.4 Å². The summed E-state index contributed by atoms with van der Waals surface area (Å²) in [6.07, 6.45) is 1.83. The molecule has 1 saturated carbocycles. The Kier molecular flexibility index (Phi) is 5.96. The van der Waals surface area contributed by atoms with Crippen LogP contribution in [0.3, 0.4) is 0 Å². The molecule has 1 amide bonds. The molecule has 0 saturated heterocycles. The number of hydrogen-bond acceptors (Lipinski definition) is 4. The number of rotatable bonds is 8. The van der Waals surface area contributed by atoms with Gasteiger partial charge in [0.2, 0.25) is 15.9 Å². The lowest BCUT2D eigenvalue weighted by Gasteiger charge is -2.09. The fourth-order valence-electron chi connectivity index (χ4n) is 2.74. The van der Waals surface area contributed by atoms with E-state index in [1.54, 1.807) is 18.2 Å². The zero-order valence-corrected chi connectivity index (χ0v) is 16.8. The van der Waals surface area contributed by atoms with Crippen LogP contribution in [0.15, 0.2) is 47.4 Å². The van der Waals surface area contributed by atoms with Crippen molar-refractivity contribution in [3.63, 3.8) is 0 Å². The summed E-state index contributed by atoms with van der Waals surface area (Å²) in [5.74, 6) is -0.426. The molecule has 7 heteroatoms. The summed E-state index contributed by atoms with van der Waals surface area (Å²) in [6.45, 7) is 3.92. The van der Waals surface area contributed by atoms with Gasteiger partial charge in [-0.15, -0.1) is 0 Å². The van der Waals surface area contributed by atoms with E-state index in [1.807, 2.05) is 26.0 Å². The van der Waals surface area contributed by atoms with E-state index in [-0.39, 0.29) is 35.5 Å². The van der Waals surface area contributed by atoms with Crippen LogP contribution in [0, 0.1) is 13.8 Å². The summed E-state index contributed by atoms with van der Waals surface area (Å²) < 4.78 is 27.2. The summed E-state index contributed by atoms with van der Waals surface area (Å²) in [5.41, 5.74) is 3.13. The molecule has 1 fully saturated rings. The van der Waals surface area contributed by atoms with Crippen LogP contribution in [0.1, 0.15) is 47.2 Å². The largest absolute Gasteiger partial charge is 0.326 e. The standard InChI is InChI=1S/C21H24N2O4S/c1-14-6-7-16(12-15(14)2)20(24)10-11-21(25)22-18-4-3-5-19(13-18)28(26,27)23-17-8-9-17/h3-7,12-13,17,23H,8-11H2,1-2H3,(H,22,25). The number of ketones is 1. The molecule has 0 heterocycles. The number of Topliss-reactive ketones (excluding diaryl/α,β-unsaturated/α-hetero) is 1. The van der Waals surface area contributed by atoms with E-state index < -0.39 is 10.0 Å². The number of hydrogen-bond donors (Lipinski definition) is 2. The van der Waals surface area contributed by atoms with E-state index in [4.69, 9.17) is 0 Å². The smallest absolute Gasteiger partial charge is 0.240 e. The van der Waals surface area contributed by atoms with Crippen molar-refractivity contribution < 1.29 is 18.0 Å². The Labute approximate surface area is 165 Å². The highest BCUT2D eigenvalue weighted by atomic mass is 32.2. The maximum absolute atomic E-state index is 12.3. The lowest BCUT2D eigenvalue weighted by Crippen LogP contribution is -2.25. The number of sulfonamides is 1. The fraction of sp³-hybridized carbons (Fsp3) is 0.333. The maximum atomic E-state index is 12.3. The first-order valence-corrected chi connectivity index (χ1v) is 10.8. The summed E-state index contributed by atoms with van der Waals surface area (Å²) in [5, 5.41) is 2.67. The predicted molar refractivity (Wildman–Crippen MR) is 108 cm³/mol. The van der Waals surface area contributed by atoms with Crippen LogP contribution in [-0.4, -0.2) is 26.2 Å². The lowest BCUT2D eigenvalue weighted by molar-refractivity contribution is -0.116. The molecule has 0 spiro atoms. The van der Waals surface area contributed by atoms with Gasteiger partial charge in [-0.1, -0.05) is 18.2 Å². The van der Waals surface area contributed by atoms with Gasteiger partial charge in [0.1, 0.15) is 0 Å². The van der Waals surface area contributed by atoms with Crippen LogP contribution < -0.4 is 10.0 Å². The molecule has 2 aromatic carbocycles. The Morgan fingerprint density at radius 1 is 1.00 bits per heavy atom. The highest BCUT2D eigenvalue weighted by Gasteiger charge is 2.28. The molecule has 0 unspecified atom stereocenters. The predicted octanol–water partition coefficient (Wildman–Crippen LogP) is 3.35. The first-order chi connectivity index (χ1) is 13.2. The van der Waals surface area contributed by atoms with E-state index >= 15 is 0 Å². The van der Waals surface area contributed by atoms with Crippen LogP contribution in [0.5, 0.6) is 0 Å². The Morgan fingerprint density at radius 3 is 2.43 bits per heavy atom. The molecule has 28 heavy (non-hydrogen) atoms. The number of amides is 1. The highest BCUT2D eigenvalue weighted by molar-refractivity contribution is 7.89. The number of anilines is 1. The molecular weight excluding hydrogens is 376 g/mol. The van der Waals surface area contributed by atoms with Crippen LogP contribution in [-0.2, 0) is 14.8 Å². The van der Waals surface area contributed by atoms with Gasteiger partial charge in [-0.2, -0.15) is 0 Å². The number of benzene rings is 2. The third-order valence-corrected chi connectivity index (χ3v) is 6.25. The highest BCUT2D eigenvalue weighted by Crippen LogP contribution is 2.23. The van der Waals surface area contributed by atoms with Gasteiger partial charge >= 0.3 is 0 Å². The first-order valence-electron chi connectivity index (χ1n) is 9.27. The maximum Gasteiger partial charge on any atom is 0.240 e. The number of nitrogens with one attached hydrogen (secondary N) is 2. The summed E-state index contributed by atoms with van der Waals surface area (Å²) in [4.78, 5) is 24.6. The zero-order chi connectivity index (χ0) is 20.3. The normalized spacial score (nSPS) is 13.9. The monoisotopic (exact) mass is 400 g/mol. The van der Waals surface area contributed by atoms with Crippen molar-refractivity contribution in [1.29, 1.82) is 0 Å². The molecule has 0 bridgehead atoms. The zero-order valence-electron chi connectivity index (χ0n) is 16.0. The van der Waals surface area contributed by atoms with Gasteiger partial charge < -0.3 is 5.32 Å². The molecule has 1 aliphatic rings. The van der Waals surface area contributed by atoms with E-state index in [0.717, 1.165) is 24.0 Å². The van der Waals surface area contributed by atoms with Gasteiger partial charge in [0.25, 0.3) is 0 Å². The van der Waals surface area contributed by atoms with Crippen molar-refractivity contribution in [3.05, 3.63) is 59.2 Å².